The van der Waals surface area contributed by atoms with Crippen molar-refractivity contribution in [2.45, 2.75) is 12.6 Å². The second-order valence-electron chi connectivity index (χ2n) is 5.30. The Morgan fingerprint density at radius 2 is 2.04 bits per heavy atom. The zero-order valence-corrected chi connectivity index (χ0v) is 13.0. The van der Waals surface area contributed by atoms with Crippen molar-refractivity contribution in [3.63, 3.8) is 0 Å². The van der Waals surface area contributed by atoms with Crippen LogP contribution in [-0.4, -0.2) is 15.2 Å². The first-order chi connectivity index (χ1) is 12.1. The van der Waals surface area contributed by atoms with Gasteiger partial charge in [-0.25, -0.2) is 9.37 Å². The van der Waals surface area contributed by atoms with Gasteiger partial charge in [-0.1, -0.05) is 18.2 Å². The predicted molar refractivity (Wildman–Crippen MR) is 88.7 cm³/mol. The smallest absolute Gasteiger partial charge is 0.227 e. The van der Waals surface area contributed by atoms with Crippen LogP contribution in [0.15, 0.2) is 63.9 Å². The third kappa shape index (κ3) is 3.67. The molecule has 0 aliphatic rings. The molecule has 1 atom stereocenters. The molecule has 2 heterocycles. The molecule has 0 bridgehead atoms. The van der Waals surface area contributed by atoms with E-state index >= 15 is 0 Å². The molecule has 2 aromatic heterocycles. The minimum atomic E-state index is -0.884. The fraction of sp³-hybridized carbons (Fsp3) is 0.111. The highest BCUT2D eigenvalue weighted by molar-refractivity contribution is 5.45. The number of aromatic nitrogens is 1. The van der Waals surface area contributed by atoms with E-state index < -0.39 is 29.6 Å². The van der Waals surface area contributed by atoms with Gasteiger partial charge in [-0.05, 0) is 29.8 Å². The van der Waals surface area contributed by atoms with E-state index in [1.165, 1.54) is 18.2 Å². The van der Waals surface area contributed by atoms with Gasteiger partial charge < -0.3 is 19.9 Å². The van der Waals surface area contributed by atoms with Gasteiger partial charge in [-0.3, -0.25) is 4.79 Å². The van der Waals surface area contributed by atoms with Crippen molar-refractivity contribution in [2.75, 3.05) is 5.32 Å². The van der Waals surface area contributed by atoms with Gasteiger partial charge in [0.05, 0.1) is 0 Å². The molecule has 0 radical (unpaired) electrons. The summed E-state index contributed by atoms with van der Waals surface area (Å²) in [5.74, 6) is -0.802. The lowest BCUT2D eigenvalue weighted by Gasteiger charge is -2.20. The Morgan fingerprint density at radius 3 is 2.72 bits per heavy atom. The van der Waals surface area contributed by atoms with Crippen molar-refractivity contribution in [1.82, 2.24) is 4.98 Å². The molecule has 7 heteroatoms. The lowest BCUT2D eigenvalue weighted by molar-refractivity contribution is 0.234. The second-order valence-corrected chi connectivity index (χ2v) is 5.30. The van der Waals surface area contributed by atoms with E-state index in [1.807, 2.05) is 0 Å². The number of nitrogens with one attached hydrogen (secondary N) is 1. The number of halogens is 1. The highest BCUT2D eigenvalue weighted by Gasteiger charge is 2.24. The molecule has 0 amide bonds. The van der Waals surface area contributed by atoms with Crippen molar-refractivity contribution < 1.29 is 19.0 Å². The molecule has 0 aliphatic heterocycles. The van der Waals surface area contributed by atoms with E-state index in [0.717, 1.165) is 6.07 Å². The van der Waals surface area contributed by atoms with Crippen LogP contribution in [0, 0.1) is 5.82 Å². The predicted octanol–water partition coefficient (Wildman–Crippen LogP) is 2.57. The lowest BCUT2D eigenvalue weighted by Crippen LogP contribution is -2.17. The number of nitrogens with zero attached hydrogens (tertiary/aromatic N) is 1. The lowest BCUT2D eigenvalue weighted by atomic mass is 10.0. The topological polar surface area (TPSA) is 95.6 Å². The quantitative estimate of drug-likeness (QED) is 0.660. The van der Waals surface area contributed by atoms with E-state index in [4.69, 9.17) is 4.42 Å². The number of aromatic hydroxyl groups is 1. The van der Waals surface area contributed by atoms with E-state index in [2.05, 4.69) is 10.3 Å². The van der Waals surface area contributed by atoms with Crippen molar-refractivity contribution in [2.24, 2.45) is 0 Å². The molecule has 0 spiro atoms. The van der Waals surface area contributed by atoms with Crippen molar-refractivity contribution in [3.05, 3.63) is 87.9 Å². The minimum Gasteiger partial charge on any atom is -0.502 e. The summed E-state index contributed by atoms with van der Waals surface area (Å²) in [4.78, 5) is 16.1. The summed E-state index contributed by atoms with van der Waals surface area (Å²) in [7, 11) is 0. The van der Waals surface area contributed by atoms with Crippen LogP contribution in [0.1, 0.15) is 23.1 Å². The maximum atomic E-state index is 13.7. The fourth-order valence-electron chi connectivity index (χ4n) is 2.41. The number of anilines is 1. The number of aliphatic hydroxyl groups excluding tert-OH is 1. The summed E-state index contributed by atoms with van der Waals surface area (Å²) >= 11 is 0. The van der Waals surface area contributed by atoms with Crippen LogP contribution in [0.25, 0.3) is 0 Å². The molecule has 0 aliphatic carbocycles. The molecule has 1 aromatic carbocycles. The van der Waals surface area contributed by atoms with Gasteiger partial charge >= 0.3 is 0 Å². The standard InChI is InChI=1S/C18H15FN2O4/c19-12-5-3-4-11(8-12)16(21-15-6-1-2-7-20-15)18-17(24)14(23)9-13(10-22)25-18/h1-9,16,22,24H,10H2,(H,20,21)/t16-/m1/s1. The second kappa shape index (κ2) is 7.14. The summed E-state index contributed by atoms with van der Waals surface area (Å²) in [5, 5.41) is 22.4. The summed E-state index contributed by atoms with van der Waals surface area (Å²) in [5.41, 5.74) is -0.284. The largest absolute Gasteiger partial charge is 0.502 e. The fourth-order valence-corrected chi connectivity index (χ4v) is 2.41. The molecule has 0 fully saturated rings. The average Bonchev–Trinajstić information content (AvgIpc) is 2.63. The summed E-state index contributed by atoms with van der Waals surface area (Å²) in [6, 6.07) is 10.9. The number of pyridine rings is 1. The van der Waals surface area contributed by atoms with Gasteiger partial charge in [0.1, 0.15) is 30.0 Å². The van der Waals surface area contributed by atoms with Crippen LogP contribution < -0.4 is 10.7 Å². The first kappa shape index (κ1) is 16.7. The van der Waals surface area contributed by atoms with Gasteiger partial charge in [-0.15, -0.1) is 0 Å². The van der Waals surface area contributed by atoms with Crippen LogP contribution in [0.4, 0.5) is 10.2 Å². The number of aliphatic hydroxyl groups is 1. The molecule has 128 valence electrons. The summed E-state index contributed by atoms with van der Waals surface area (Å²) < 4.78 is 19.1. The van der Waals surface area contributed by atoms with Crippen LogP contribution in [0.3, 0.4) is 0 Å². The van der Waals surface area contributed by atoms with Gasteiger partial charge in [0, 0.05) is 12.3 Å². The van der Waals surface area contributed by atoms with E-state index in [9.17, 15) is 19.4 Å². The molecule has 0 unspecified atom stereocenters. The first-order valence-electron chi connectivity index (χ1n) is 7.48. The molecule has 0 saturated heterocycles. The van der Waals surface area contributed by atoms with Crippen molar-refractivity contribution >= 4 is 5.82 Å². The Bertz CT molecular complexity index is 928. The molecule has 3 aromatic rings. The highest BCUT2D eigenvalue weighted by atomic mass is 19.1. The molecular weight excluding hydrogens is 327 g/mol. The summed E-state index contributed by atoms with van der Waals surface area (Å²) in [6.07, 6.45) is 1.56. The number of benzene rings is 1. The van der Waals surface area contributed by atoms with E-state index in [0.29, 0.717) is 11.4 Å². The normalized spacial score (nSPS) is 11.9. The van der Waals surface area contributed by atoms with Crippen LogP contribution in [0.5, 0.6) is 5.75 Å². The van der Waals surface area contributed by atoms with Gasteiger partial charge in [0.15, 0.2) is 5.76 Å². The van der Waals surface area contributed by atoms with Crippen LogP contribution >= 0.6 is 0 Å². The minimum absolute atomic E-state index is 0.0120. The van der Waals surface area contributed by atoms with E-state index in [-0.39, 0.29) is 11.5 Å². The Hall–Kier alpha value is -3.19. The van der Waals surface area contributed by atoms with Gasteiger partial charge in [0.25, 0.3) is 0 Å². The van der Waals surface area contributed by atoms with Gasteiger partial charge in [-0.2, -0.15) is 0 Å². The number of hydrogen-bond donors (Lipinski definition) is 3. The third-order valence-electron chi connectivity index (χ3n) is 3.56. The van der Waals surface area contributed by atoms with Gasteiger partial charge in [0.2, 0.25) is 11.2 Å². The molecule has 0 saturated carbocycles. The van der Waals surface area contributed by atoms with E-state index in [1.54, 1.807) is 30.5 Å². The molecule has 6 nitrogen and oxygen atoms in total. The first-order valence-corrected chi connectivity index (χ1v) is 7.48. The Labute approximate surface area is 142 Å². The third-order valence-corrected chi connectivity index (χ3v) is 3.56. The van der Waals surface area contributed by atoms with Crippen LogP contribution in [0.2, 0.25) is 0 Å². The molecule has 3 N–H and O–H groups in total. The Kier molecular flexibility index (Phi) is 4.76. The average molecular weight is 342 g/mol. The number of hydrogen-bond acceptors (Lipinski definition) is 6. The van der Waals surface area contributed by atoms with Crippen LogP contribution in [-0.2, 0) is 6.61 Å². The maximum absolute atomic E-state index is 13.7. The molecule has 3 rings (SSSR count). The molecular formula is C18H15FN2O4. The zero-order valence-electron chi connectivity index (χ0n) is 13.0. The Balaban J connectivity index is 2.14. The zero-order chi connectivity index (χ0) is 17.8. The number of rotatable bonds is 5. The summed E-state index contributed by atoms with van der Waals surface area (Å²) in [6.45, 7) is -0.512. The maximum Gasteiger partial charge on any atom is 0.227 e. The highest BCUT2D eigenvalue weighted by Crippen LogP contribution is 2.31. The monoisotopic (exact) mass is 342 g/mol. The van der Waals surface area contributed by atoms with Crippen molar-refractivity contribution in [3.8, 4) is 5.75 Å². The molecule has 25 heavy (non-hydrogen) atoms. The Morgan fingerprint density at radius 1 is 1.20 bits per heavy atom. The van der Waals surface area contributed by atoms with Crippen molar-refractivity contribution in [1.29, 1.82) is 0 Å². The SMILES string of the molecule is O=c1cc(CO)oc([C@H](Nc2ccccn2)c2cccc(F)c2)c1O.